The van der Waals surface area contributed by atoms with Crippen molar-refractivity contribution in [1.29, 1.82) is 0 Å². The van der Waals surface area contributed by atoms with E-state index in [9.17, 15) is 13.6 Å². The average molecular weight is 266 g/mol. The number of allylic oxidation sites excluding steroid dienone is 2. The second-order valence-corrected chi connectivity index (χ2v) is 4.53. The maximum absolute atomic E-state index is 12.4. The van der Waals surface area contributed by atoms with E-state index in [0.29, 0.717) is 12.0 Å². The van der Waals surface area contributed by atoms with Crippen LogP contribution in [0.3, 0.4) is 0 Å². The van der Waals surface area contributed by atoms with Crippen LogP contribution < -0.4 is 4.74 Å². The number of rotatable bonds is 4. The third kappa shape index (κ3) is 3.63. The number of halogens is 2. The Bertz CT molecular complexity index is 481. The van der Waals surface area contributed by atoms with E-state index in [0.717, 1.165) is 25.7 Å². The predicted octanol–water partition coefficient (Wildman–Crippen LogP) is 4.36. The van der Waals surface area contributed by atoms with E-state index in [2.05, 4.69) is 4.74 Å². The number of hydrogen-bond acceptors (Lipinski definition) is 2. The van der Waals surface area contributed by atoms with Crippen LogP contribution in [0.2, 0.25) is 0 Å². The molecule has 1 aromatic rings. The highest BCUT2D eigenvalue weighted by Gasteiger charge is 2.19. The zero-order chi connectivity index (χ0) is 13.7. The molecule has 2 nitrogen and oxygen atoms in total. The Labute approximate surface area is 111 Å². The summed E-state index contributed by atoms with van der Waals surface area (Å²) < 4.78 is 29.1. The van der Waals surface area contributed by atoms with Crippen molar-refractivity contribution in [1.82, 2.24) is 0 Å². The number of benzene rings is 1. The van der Waals surface area contributed by atoms with Gasteiger partial charge in [0.15, 0.2) is 5.78 Å². The van der Waals surface area contributed by atoms with Crippen LogP contribution in [0, 0.1) is 0 Å². The summed E-state index contributed by atoms with van der Waals surface area (Å²) in [6.07, 6.45) is 6.65. The summed E-state index contributed by atoms with van der Waals surface area (Å²) >= 11 is 0. The fourth-order valence-electron chi connectivity index (χ4n) is 2.25. The standard InChI is InChI=1S/C15H16F2O2/c16-15(17)19-13-10-6-5-9-12(13)14(18)11-7-3-1-2-4-8-11/h5-7,9-10,15H,1-4,8H2. The summed E-state index contributed by atoms with van der Waals surface area (Å²) in [6, 6.07) is 6.17. The highest BCUT2D eigenvalue weighted by Crippen LogP contribution is 2.26. The third-order valence-electron chi connectivity index (χ3n) is 3.18. The number of ether oxygens (including phenoxy) is 1. The molecule has 0 saturated heterocycles. The lowest BCUT2D eigenvalue weighted by molar-refractivity contribution is -0.0501. The van der Waals surface area contributed by atoms with Crippen molar-refractivity contribution in [2.24, 2.45) is 0 Å². The van der Waals surface area contributed by atoms with E-state index in [1.54, 1.807) is 12.1 Å². The lowest BCUT2D eigenvalue weighted by atomic mass is 9.99. The summed E-state index contributed by atoms with van der Waals surface area (Å²) in [5.41, 5.74) is 0.929. The molecule has 2 rings (SSSR count). The highest BCUT2D eigenvalue weighted by molar-refractivity contribution is 6.10. The third-order valence-corrected chi connectivity index (χ3v) is 3.18. The van der Waals surface area contributed by atoms with Crippen molar-refractivity contribution in [3.8, 4) is 5.75 Å². The maximum Gasteiger partial charge on any atom is 0.387 e. The van der Waals surface area contributed by atoms with Gasteiger partial charge < -0.3 is 4.74 Å². The average Bonchev–Trinajstić information content (AvgIpc) is 2.67. The fourth-order valence-corrected chi connectivity index (χ4v) is 2.25. The molecule has 1 aliphatic rings. The molecule has 19 heavy (non-hydrogen) atoms. The molecule has 1 aliphatic carbocycles. The second-order valence-electron chi connectivity index (χ2n) is 4.53. The molecule has 4 heteroatoms. The summed E-state index contributed by atoms with van der Waals surface area (Å²) in [6.45, 7) is -2.92. The SMILES string of the molecule is O=C(C1=CCCCCC1)c1ccccc1OC(F)F. The minimum atomic E-state index is -2.92. The molecule has 0 saturated carbocycles. The fraction of sp³-hybridized carbons (Fsp3) is 0.400. The van der Waals surface area contributed by atoms with E-state index in [1.807, 2.05) is 6.08 Å². The van der Waals surface area contributed by atoms with E-state index >= 15 is 0 Å². The second kappa shape index (κ2) is 6.45. The van der Waals surface area contributed by atoms with Crippen LogP contribution >= 0.6 is 0 Å². The summed E-state index contributed by atoms with van der Waals surface area (Å²) in [4.78, 5) is 12.4. The molecule has 0 amide bonds. The van der Waals surface area contributed by atoms with Gasteiger partial charge in [-0.2, -0.15) is 8.78 Å². The van der Waals surface area contributed by atoms with Crippen molar-refractivity contribution in [2.75, 3.05) is 0 Å². The van der Waals surface area contributed by atoms with Crippen LogP contribution in [0.5, 0.6) is 5.75 Å². The minimum Gasteiger partial charge on any atom is -0.434 e. The molecule has 0 bridgehead atoms. The monoisotopic (exact) mass is 266 g/mol. The molecule has 0 radical (unpaired) electrons. The van der Waals surface area contributed by atoms with Crippen LogP contribution in [0.25, 0.3) is 0 Å². The first-order chi connectivity index (χ1) is 9.18. The van der Waals surface area contributed by atoms with Crippen LogP contribution in [-0.4, -0.2) is 12.4 Å². The van der Waals surface area contributed by atoms with E-state index in [1.165, 1.54) is 12.1 Å². The number of carbonyl (C=O) groups is 1. The van der Waals surface area contributed by atoms with Gasteiger partial charge in [0, 0.05) is 0 Å². The Hall–Kier alpha value is -1.71. The smallest absolute Gasteiger partial charge is 0.387 e. The largest absolute Gasteiger partial charge is 0.434 e. The lowest BCUT2D eigenvalue weighted by Gasteiger charge is -2.11. The summed E-state index contributed by atoms with van der Waals surface area (Å²) in [7, 11) is 0. The molecule has 1 aromatic carbocycles. The van der Waals surface area contributed by atoms with E-state index < -0.39 is 6.61 Å². The Kier molecular flexibility index (Phi) is 4.66. The van der Waals surface area contributed by atoms with Crippen LogP contribution in [0.1, 0.15) is 42.5 Å². The number of hydrogen-bond donors (Lipinski definition) is 0. The molecule has 0 aromatic heterocycles. The lowest BCUT2D eigenvalue weighted by Crippen LogP contribution is -2.09. The minimum absolute atomic E-state index is 0.0485. The van der Waals surface area contributed by atoms with Gasteiger partial charge in [0.05, 0.1) is 5.56 Å². The molecule has 0 fully saturated rings. The number of para-hydroxylation sites is 1. The number of ketones is 1. The molecule has 0 N–H and O–H groups in total. The predicted molar refractivity (Wildman–Crippen MR) is 68.6 cm³/mol. The topological polar surface area (TPSA) is 26.3 Å². The molecule has 0 unspecified atom stereocenters. The first-order valence-corrected chi connectivity index (χ1v) is 6.46. The first-order valence-electron chi connectivity index (χ1n) is 6.46. The Morgan fingerprint density at radius 2 is 1.95 bits per heavy atom. The Balaban J connectivity index is 2.25. The van der Waals surface area contributed by atoms with Crippen molar-refractivity contribution in [3.63, 3.8) is 0 Å². The van der Waals surface area contributed by atoms with Gasteiger partial charge in [0.25, 0.3) is 0 Å². The maximum atomic E-state index is 12.4. The van der Waals surface area contributed by atoms with Gasteiger partial charge in [0.1, 0.15) is 5.75 Å². The van der Waals surface area contributed by atoms with E-state index in [4.69, 9.17) is 0 Å². The van der Waals surface area contributed by atoms with Crippen LogP contribution in [-0.2, 0) is 0 Å². The molecule has 0 heterocycles. The quantitative estimate of drug-likeness (QED) is 0.757. The van der Waals surface area contributed by atoms with Crippen molar-refractivity contribution < 1.29 is 18.3 Å². The summed E-state index contributed by atoms with van der Waals surface area (Å²) in [5, 5.41) is 0. The zero-order valence-electron chi connectivity index (χ0n) is 10.6. The molecule has 102 valence electrons. The van der Waals surface area contributed by atoms with Gasteiger partial charge in [-0.05, 0) is 43.4 Å². The Morgan fingerprint density at radius 3 is 2.74 bits per heavy atom. The molecule has 0 aliphatic heterocycles. The van der Waals surface area contributed by atoms with Crippen LogP contribution in [0.15, 0.2) is 35.9 Å². The van der Waals surface area contributed by atoms with Crippen LogP contribution in [0.4, 0.5) is 8.78 Å². The normalized spacial score (nSPS) is 15.8. The number of carbonyl (C=O) groups excluding carboxylic acids is 1. The van der Waals surface area contributed by atoms with Gasteiger partial charge in [-0.3, -0.25) is 4.79 Å². The van der Waals surface area contributed by atoms with Gasteiger partial charge >= 0.3 is 6.61 Å². The number of alkyl halides is 2. The van der Waals surface area contributed by atoms with Crippen molar-refractivity contribution in [3.05, 3.63) is 41.5 Å². The zero-order valence-corrected chi connectivity index (χ0v) is 10.6. The first kappa shape index (κ1) is 13.7. The highest BCUT2D eigenvalue weighted by atomic mass is 19.3. The Morgan fingerprint density at radius 1 is 1.16 bits per heavy atom. The number of Topliss-reactive ketones (excluding diaryl/α,β-unsaturated/α-hetero) is 1. The van der Waals surface area contributed by atoms with Gasteiger partial charge in [-0.25, -0.2) is 0 Å². The van der Waals surface area contributed by atoms with Gasteiger partial charge in [0.2, 0.25) is 0 Å². The molecular formula is C15H16F2O2. The van der Waals surface area contributed by atoms with Crippen molar-refractivity contribution >= 4 is 5.78 Å². The summed E-state index contributed by atoms with van der Waals surface area (Å²) in [5.74, 6) is -0.245. The van der Waals surface area contributed by atoms with E-state index in [-0.39, 0.29) is 17.1 Å². The molecule has 0 atom stereocenters. The van der Waals surface area contributed by atoms with Gasteiger partial charge in [-0.1, -0.05) is 24.6 Å². The van der Waals surface area contributed by atoms with Crippen molar-refractivity contribution in [2.45, 2.75) is 38.7 Å². The molecule has 0 spiro atoms. The molecular weight excluding hydrogens is 250 g/mol. The van der Waals surface area contributed by atoms with Gasteiger partial charge in [-0.15, -0.1) is 0 Å².